The average molecular weight is 276 g/mol. The fraction of sp³-hybridized carbons (Fsp3) is 0.800. The number of carbonyl (C=O) groups is 1. The molecule has 110 valence electrons. The zero-order valence-electron chi connectivity index (χ0n) is 12.1. The van der Waals surface area contributed by atoms with E-state index >= 15 is 0 Å². The molecule has 5 nitrogen and oxygen atoms in total. The van der Waals surface area contributed by atoms with E-state index < -0.39 is 0 Å². The van der Waals surface area contributed by atoms with Crippen molar-refractivity contribution in [2.75, 3.05) is 6.54 Å². The monoisotopic (exact) mass is 276 g/mol. The van der Waals surface area contributed by atoms with Gasteiger partial charge in [0.1, 0.15) is 12.7 Å². The number of rotatable bonds is 4. The third-order valence-corrected chi connectivity index (χ3v) is 4.81. The van der Waals surface area contributed by atoms with Crippen LogP contribution in [0.3, 0.4) is 0 Å². The maximum absolute atomic E-state index is 12.5. The molecule has 1 amide bonds. The lowest BCUT2D eigenvalue weighted by molar-refractivity contribution is -0.137. The maximum Gasteiger partial charge on any atom is 0.222 e. The van der Waals surface area contributed by atoms with E-state index in [1.54, 1.807) is 17.3 Å². The smallest absolute Gasteiger partial charge is 0.222 e. The lowest BCUT2D eigenvalue weighted by Gasteiger charge is -2.44. The van der Waals surface area contributed by atoms with Gasteiger partial charge in [-0.2, -0.15) is 5.10 Å². The minimum Gasteiger partial charge on any atom is -0.339 e. The number of hydrogen-bond donors (Lipinski definition) is 0. The van der Waals surface area contributed by atoms with E-state index in [9.17, 15) is 4.79 Å². The Bertz CT molecular complexity index is 429. The fourth-order valence-corrected chi connectivity index (χ4v) is 3.82. The summed E-state index contributed by atoms with van der Waals surface area (Å²) in [6, 6.07) is 0.538. The molecule has 0 bridgehead atoms. The Morgan fingerprint density at radius 2 is 2.05 bits per heavy atom. The van der Waals surface area contributed by atoms with Gasteiger partial charge in [-0.15, -0.1) is 0 Å². The highest BCUT2D eigenvalue weighted by Gasteiger charge is 2.35. The Morgan fingerprint density at radius 3 is 2.90 bits per heavy atom. The second kappa shape index (κ2) is 6.37. The van der Waals surface area contributed by atoms with Crippen molar-refractivity contribution in [1.29, 1.82) is 0 Å². The van der Waals surface area contributed by atoms with Gasteiger partial charge in [0.15, 0.2) is 0 Å². The Labute approximate surface area is 120 Å². The van der Waals surface area contributed by atoms with Gasteiger partial charge in [0, 0.05) is 25.6 Å². The van der Waals surface area contributed by atoms with Crippen molar-refractivity contribution < 1.29 is 4.79 Å². The first-order chi connectivity index (χ1) is 9.84. The molecule has 1 aromatic heterocycles. The molecule has 0 spiro atoms. The molecule has 1 saturated heterocycles. The van der Waals surface area contributed by atoms with Crippen molar-refractivity contribution in [1.82, 2.24) is 19.7 Å². The summed E-state index contributed by atoms with van der Waals surface area (Å²) in [5, 5.41) is 4.07. The van der Waals surface area contributed by atoms with Crippen LogP contribution >= 0.6 is 0 Å². The first-order valence-corrected chi connectivity index (χ1v) is 7.96. The number of carbonyl (C=O) groups excluding carboxylic acids is 1. The van der Waals surface area contributed by atoms with Gasteiger partial charge in [-0.1, -0.05) is 12.8 Å². The van der Waals surface area contributed by atoms with Crippen LogP contribution in [0.25, 0.3) is 0 Å². The topological polar surface area (TPSA) is 51.0 Å². The number of hydrogen-bond acceptors (Lipinski definition) is 3. The zero-order chi connectivity index (χ0) is 13.8. The van der Waals surface area contributed by atoms with Crippen molar-refractivity contribution in [3.05, 3.63) is 12.7 Å². The van der Waals surface area contributed by atoms with Gasteiger partial charge < -0.3 is 4.90 Å². The van der Waals surface area contributed by atoms with Gasteiger partial charge in [-0.3, -0.25) is 9.48 Å². The summed E-state index contributed by atoms with van der Waals surface area (Å²) in [4.78, 5) is 18.6. The molecule has 2 fully saturated rings. The normalized spacial score (nSPS) is 26.3. The number of aromatic nitrogens is 3. The molecule has 2 heterocycles. The van der Waals surface area contributed by atoms with Gasteiger partial charge in [0.05, 0.1) is 0 Å². The SMILES string of the molecule is O=C(CCCn1cncn1)N1CCC[C@H]2CCCC[C@@H]21. The Balaban J connectivity index is 1.50. The van der Waals surface area contributed by atoms with E-state index in [0.717, 1.165) is 25.4 Å². The molecule has 2 aliphatic rings. The van der Waals surface area contributed by atoms with Crippen molar-refractivity contribution in [3.63, 3.8) is 0 Å². The van der Waals surface area contributed by atoms with Gasteiger partial charge in [0.2, 0.25) is 5.91 Å². The third kappa shape index (κ3) is 3.02. The van der Waals surface area contributed by atoms with Crippen LogP contribution in [-0.4, -0.2) is 38.2 Å². The van der Waals surface area contributed by atoms with Crippen molar-refractivity contribution in [3.8, 4) is 0 Å². The summed E-state index contributed by atoms with van der Waals surface area (Å²) in [6.45, 7) is 1.76. The highest BCUT2D eigenvalue weighted by molar-refractivity contribution is 5.76. The second-order valence-corrected chi connectivity index (χ2v) is 6.10. The quantitative estimate of drug-likeness (QED) is 0.847. The Hall–Kier alpha value is -1.39. The fourth-order valence-electron chi connectivity index (χ4n) is 3.82. The molecule has 1 aliphatic heterocycles. The van der Waals surface area contributed by atoms with Crippen LogP contribution in [0.2, 0.25) is 0 Å². The summed E-state index contributed by atoms with van der Waals surface area (Å²) < 4.78 is 1.80. The van der Waals surface area contributed by atoms with Gasteiger partial charge >= 0.3 is 0 Å². The van der Waals surface area contributed by atoms with E-state index in [-0.39, 0.29) is 0 Å². The van der Waals surface area contributed by atoms with Gasteiger partial charge in [-0.05, 0) is 38.0 Å². The Morgan fingerprint density at radius 1 is 1.20 bits per heavy atom. The second-order valence-electron chi connectivity index (χ2n) is 6.10. The van der Waals surface area contributed by atoms with Crippen LogP contribution in [0.5, 0.6) is 0 Å². The van der Waals surface area contributed by atoms with Crippen molar-refractivity contribution in [2.45, 2.75) is 64.0 Å². The molecule has 0 N–H and O–H groups in total. The number of fused-ring (bicyclic) bond motifs is 1. The summed E-state index contributed by atoms with van der Waals surface area (Å²) in [7, 11) is 0. The van der Waals surface area contributed by atoms with E-state index in [0.29, 0.717) is 18.4 Å². The number of aryl methyl sites for hydroxylation is 1. The minimum atomic E-state index is 0.349. The summed E-state index contributed by atoms with van der Waals surface area (Å²) in [6.07, 6.45) is 12.5. The van der Waals surface area contributed by atoms with Crippen LogP contribution < -0.4 is 0 Å². The molecule has 0 unspecified atom stereocenters. The first kappa shape index (κ1) is 13.6. The van der Waals surface area contributed by atoms with Crippen LogP contribution in [-0.2, 0) is 11.3 Å². The van der Waals surface area contributed by atoms with Crippen LogP contribution in [0.1, 0.15) is 51.4 Å². The van der Waals surface area contributed by atoms with Crippen LogP contribution in [0.4, 0.5) is 0 Å². The van der Waals surface area contributed by atoms with Crippen molar-refractivity contribution >= 4 is 5.91 Å². The standard InChI is InChI=1S/C15H24N4O/c20-15(8-4-9-18-12-16-11-17-18)19-10-3-6-13-5-1-2-7-14(13)19/h11-14H,1-10H2/t13-,14+/m1/s1. The molecule has 3 rings (SSSR count). The largest absolute Gasteiger partial charge is 0.339 e. The molecule has 0 radical (unpaired) electrons. The molecule has 1 saturated carbocycles. The zero-order valence-corrected chi connectivity index (χ0v) is 12.1. The van der Waals surface area contributed by atoms with Crippen LogP contribution in [0, 0.1) is 5.92 Å². The minimum absolute atomic E-state index is 0.349. The lowest BCUT2D eigenvalue weighted by atomic mass is 9.78. The molecule has 20 heavy (non-hydrogen) atoms. The predicted molar refractivity (Wildman–Crippen MR) is 75.9 cm³/mol. The lowest BCUT2D eigenvalue weighted by Crippen LogP contribution is -2.49. The molecular formula is C15H24N4O. The van der Waals surface area contributed by atoms with E-state index in [2.05, 4.69) is 15.0 Å². The van der Waals surface area contributed by atoms with Crippen molar-refractivity contribution in [2.24, 2.45) is 5.92 Å². The highest BCUT2D eigenvalue weighted by atomic mass is 16.2. The molecular weight excluding hydrogens is 252 g/mol. The van der Waals surface area contributed by atoms with E-state index in [1.165, 1.54) is 38.5 Å². The maximum atomic E-state index is 12.5. The summed E-state index contributed by atoms with van der Waals surface area (Å²) in [5.41, 5.74) is 0. The number of likely N-dealkylation sites (tertiary alicyclic amines) is 1. The summed E-state index contributed by atoms with van der Waals surface area (Å²) in [5.74, 6) is 1.12. The molecule has 5 heteroatoms. The number of nitrogens with zero attached hydrogens (tertiary/aromatic N) is 4. The number of amides is 1. The van der Waals surface area contributed by atoms with Gasteiger partial charge in [-0.25, -0.2) is 4.98 Å². The number of piperidine rings is 1. The molecule has 0 aromatic carbocycles. The first-order valence-electron chi connectivity index (χ1n) is 7.96. The highest BCUT2D eigenvalue weighted by Crippen LogP contribution is 2.35. The average Bonchev–Trinajstić information content (AvgIpc) is 3.00. The van der Waals surface area contributed by atoms with E-state index in [1.807, 2.05) is 0 Å². The Kier molecular flexibility index (Phi) is 4.33. The molecule has 2 atom stereocenters. The predicted octanol–water partition coefficient (Wildman–Crippen LogP) is 2.24. The van der Waals surface area contributed by atoms with Crippen LogP contribution in [0.15, 0.2) is 12.7 Å². The third-order valence-electron chi connectivity index (χ3n) is 4.81. The van der Waals surface area contributed by atoms with E-state index in [4.69, 9.17) is 0 Å². The molecule has 1 aromatic rings. The molecule has 1 aliphatic carbocycles. The summed E-state index contributed by atoms with van der Waals surface area (Å²) >= 11 is 0. The van der Waals surface area contributed by atoms with Gasteiger partial charge in [0.25, 0.3) is 0 Å².